The highest BCUT2D eigenvalue weighted by atomic mass is 19.4. The third-order valence-electron chi connectivity index (χ3n) is 4.17. The normalized spacial score (nSPS) is 18.3. The Hall–Kier alpha value is -1.52. The Morgan fingerprint density at radius 1 is 1.14 bits per heavy atom. The van der Waals surface area contributed by atoms with Gasteiger partial charge >= 0.3 is 12.1 Å². The molecule has 1 saturated carbocycles. The molecule has 0 spiro atoms. The van der Waals surface area contributed by atoms with Crippen molar-refractivity contribution in [3.05, 3.63) is 35.4 Å². The third-order valence-corrected chi connectivity index (χ3v) is 4.17. The average Bonchev–Trinajstić information content (AvgIpc) is 2.47. The van der Waals surface area contributed by atoms with Gasteiger partial charge in [-0.1, -0.05) is 13.3 Å². The van der Waals surface area contributed by atoms with Crippen molar-refractivity contribution in [2.45, 2.75) is 57.2 Å². The predicted octanol–water partition coefficient (Wildman–Crippen LogP) is 4.98. The van der Waals surface area contributed by atoms with Crippen LogP contribution in [0.5, 0.6) is 0 Å². The van der Waals surface area contributed by atoms with Gasteiger partial charge in [0.05, 0.1) is 11.1 Å². The molecule has 116 valence electrons. The lowest BCUT2D eigenvalue weighted by Gasteiger charge is -2.36. The number of hydrogen-bond acceptors (Lipinski definition) is 2. The second-order valence-electron chi connectivity index (χ2n) is 5.56. The highest BCUT2D eigenvalue weighted by Crippen LogP contribution is 2.35. The van der Waals surface area contributed by atoms with E-state index in [0.717, 1.165) is 50.7 Å². The first-order valence-corrected chi connectivity index (χ1v) is 7.27. The zero-order chi connectivity index (χ0) is 15.5. The number of alkyl halides is 3. The largest absolute Gasteiger partial charge is 0.455 e. The van der Waals surface area contributed by atoms with Gasteiger partial charge in [-0.25, -0.2) is 4.79 Å². The van der Waals surface area contributed by atoms with Crippen molar-refractivity contribution in [2.75, 3.05) is 0 Å². The SMILES string of the molecule is CCC1(OC(=O)c2ccc(C(F)(F)F)cc2)CCCCC1. The summed E-state index contributed by atoms with van der Waals surface area (Å²) in [6.45, 7) is 1.98. The van der Waals surface area contributed by atoms with Crippen molar-refractivity contribution in [3.63, 3.8) is 0 Å². The van der Waals surface area contributed by atoms with E-state index >= 15 is 0 Å². The Kier molecular flexibility index (Phi) is 4.59. The van der Waals surface area contributed by atoms with Crippen LogP contribution in [0.3, 0.4) is 0 Å². The Balaban J connectivity index is 2.09. The van der Waals surface area contributed by atoms with Gasteiger partial charge in [-0.3, -0.25) is 0 Å². The number of rotatable bonds is 3. The second-order valence-corrected chi connectivity index (χ2v) is 5.56. The summed E-state index contributed by atoms with van der Waals surface area (Å²) in [6.07, 6.45) is 1.18. The molecule has 0 amide bonds. The van der Waals surface area contributed by atoms with Gasteiger partial charge in [-0.2, -0.15) is 13.2 Å². The number of carbonyl (C=O) groups excluding carboxylic acids is 1. The van der Waals surface area contributed by atoms with E-state index in [4.69, 9.17) is 4.74 Å². The Labute approximate surface area is 122 Å². The number of ether oxygens (including phenoxy) is 1. The molecule has 2 rings (SSSR count). The summed E-state index contributed by atoms with van der Waals surface area (Å²) in [6, 6.07) is 4.18. The summed E-state index contributed by atoms with van der Waals surface area (Å²) in [4.78, 5) is 12.1. The Bertz CT molecular complexity index is 485. The minimum atomic E-state index is -4.39. The lowest BCUT2D eigenvalue weighted by molar-refractivity contribution is -0.137. The molecule has 0 saturated heterocycles. The summed E-state index contributed by atoms with van der Waals surface area (Å²) >= 11 is 0. The van der Waals surface area contributed by atoms with Gasteiger partial charge in [0.15, 0.2) is 0 Å². The molecule has 0 atom stereocenters. The van der Waals surface area contributed by atoms with Crippen LogP contribution >= 0.6 is 0 Å². The monoisotopic (exact) mass is 300 g/mol. The molecule has 1 aliphatic rings. The van der Waals surface area contributed by atoms with E-state index in [9.17, 15) is 18.0 Å². The molecule has 21 heavy (non-hydrogen) atoms. The molecule has 0 radical (unpaired) electrons. The molecule has 1 aliphatic carbocycles. The molecule has 0 N–H and O–H groups in total. The van der Waals surface area contributed by atoms with Crippen LogP contribution in [-0.4, -0.2) is 11.6 Å². The molecular formula is C16H19F3O2. The highest BCUT2D eigenvalue weighted by molar-refractivity contribution is 5.89. The molecule has 1 aromatic rings. The van der Waals surface area contributed by atoms with Crippen LogP contribution in [0.1, 0.15) is 61.4 Å². The minimum Gasteiger partial charge on any atom is -0.455 e. The van der Waals surface area contributed by atoms with Crippen molar-refractivity contribution in [2.24, 2.45) is 0 Å². The number of carbonyl (C=O) groups is 1. The topological polar surface area (TPSA) is 26.3 Å². The first-order valence-electron chi connectivity index (χ1n) is 7.27. The van der Waals surface area contributed by atoms with E-state index in [2.05, 4.69) is 0 Å². The third kappa shape index (κ3) is 3.77. The minimum absolute atomic E-state index is 0.168. The molecule has 0 unspecified atom stereocenters. The van der Waals surface area contributed by atoms with Crippen LogP contribution in [0.4, 0.5) is 13.2 Å². The van der Waals surface area contributed by atoms with Gasteiger partial charge in [-0.15, -0.1) is 0 Å². The van der Waals surface area contributed by atoms with Crippen molar-refractivity contribution in [1.82, 2.24) is 0 Å². The van der Waals surface area contributed by atoms with Crippen LogP contribution in [0, 0.1) is 0 Å². The van der Waals surface area contributed by atoms with Crippen LogP contribution in [0.2, 0.25) is 0 Å². The summed E-state index contributed by atoms with van der Waals surface area (Å²) in [5.41, 5.74) is -1.04. The van der Waals surface area contributed by atoms with Gasteiger partial charge in [0.1, 0.15) is 5.60 Å². The first kappa shape index (κ1) is 15.9. The summed E-state index contributed by atoms with van der Waals surface area (Å²) in [7, 11) is 0. The van der Waals surface area contributed by atoms with E-state index < -0.39 is 23.3 Å². The number of hydrogen-bond donors (Lipinski definition) is 0. The molecule has 1 aromatic carbocycles. The fourth-order valence-electron chi connectivity index (χ4n) is 2.77. The lowest BCUT2D eigenvalue weighted by Crippen LogP contribution is -2.36. The average molecular weight is 300 g/mol. The van der Waals surface area contributed by atoms with Gasteiger partial charge < -0.3 is 4.74 Å². The van der Waals surface area contributed by atoms with E-state index in [0.29, 0.717) is 0 Å². The maximum absolute atomic E-state index is 12.5. The van der Waals surface area contributed by atoms with Gasteiger partial charge in [0, 0.05) is 0 Å². The predicted molar refractivity (Wildman–Crippen MR) is 73.0 cm³/mol. The maximum Gasteiger partial charge on any atom is 0.416 e. The molecule has 1 fully saturated rings. The van der Waals surface area contributed by atoms with Crippen molar-refractivity contribution >= 4 is 5.97 Å². The summed E-state index contributed by atoms with van der Waals surface area (Å²) in [5.74, 6) is -0.535. The van der Waals surface area contributed by atoms with Crippen molar-refractivity contribution in [1.29, 1.82) is 0 Å². The zero-order valence-corrected chi connectivity index (χ0v) is 12.0. The van der Waals surface area contributed by atoms with Crippen LogP contribution in [-0.2, 0) is 10.9 Å². The van der Waals surface area contributed by atoms with E-state index in [1.54, 1.807) is 0 Å². The van der Waals surface area contributed by atoms with E-state index in [1.165, 1.54) is 12.1 Å². The molecule has 0 heterocycles. The van der Waals surface area contributed by atoms with Gasteiger partial charge in [0.25, 0.3) is 0 Å². The summed E-state index contributed by atoms with van der Waals surface area (Å²) in [5, 5.41) is 0. The fraction of sp³-hybridized carbons (Fsp3) is 0.562. The fourth-order valence-corrected chi connectivity index (χ4v) is 2.77. The molecule has 0 bridgehead atoms. The highest BCUT2D eigenvalue weighted by Gasteiger charge is 2.35. The Morgan fingerprint density at radius 2 is 1.71 bits per heavy atom. The zero-order valence-electron chi connectivity index (χ0n) is 12.0. The van der Waals surface area contributed by atoms with Crippen LogP contribution in [0.15, 0.2) is 24.3 Å². The van der Waals surface area contributed by atoms with Crippen molar-refractivity contribution < 1.29 is 22.7 Å². The molecule has 0 aromatic heterocycles. The molecule has 5 heteroatoms. The quantitative estimate of drug-likeness (QED) is 0.736. The number of esters is 1. The number of halogens is 3. The maximum atomic E-state index is 12.5. The lowest BCUT2D eigenvalue weighted by atomic mass is 9.82. The van der Waals surface area contributed by atoms with E-state index in [-0.39, 0.29) is 5.56 Å². The van der Waals surface area contributed by atoms with Crippen LogP contribution < -0.4 is 0 Å². The molecular weight excluding hydrogens is 281 g/mol. The van der Waals surface area contributed by atoms with Crippen molar-refractivity contribution in [3.8, 4) is 0 Å². The van der Waals surface area contributed by atoms with Gasteiger partial charge in [0.2, 0.25) is 0 Å². The molecule has 2 nitrogen and oxygen atoms in total. The smallest absolute Gasteiger partial charge is 0.416 e. The Morgan fingerprint density at radius 3 is 2.19 bits per heavy atom. The standard InChI is InChI=1S/C16H19F3O2/c1-2-15(10-4-3-5-11-15)21-14(20)12-6-8-13(9-7-12)16(17,18)19/h6-9H,2-5,10-11H2,1H3. The molecule has 0 aliphatic heterocycles. The van der Waals surface area contributed by atoms with Crippen LogP contribution in [0.25, 0.3) is 0 Å². The summed E-state index contributed by atoms with van der Waals surface area (Å²) < 4.78 is 43.1. The van der Waals surface area contributed by atoms with E-state index in [1.807, 2.05) is 6.92 Å². The second kappa shape index (κ2) is 6.08. The van der Waals surface area contributed by atoms with Gasteiger partial charge in [-0.05, 0) is 56.4 Å². The number of benzene rings is 1. The first-order chi connectivity index (χ1) is 9.86.